The van der Waals surface area contributed by atoms with Gasteiger partial charge < -0.3 is 20.8 Å². The third kappa shape index (κ3) is 4.17. The lowest BCUT2D eigenvalue weighted by atomic mass is 9.97. The molecule has 32 heavy (non-hydrogen) atoms. The van der Waals surface area contributed by atoms with Crippen molar-refractivity contribution < 1.29 is 19.1 Å². The molecule has 0 bridgehead atoms. The number of nitrogens with one attached hydrogen (secondary N) is 2. The van der Waals surface area contributed by atoms with Crippen LogP contribution in [0.5, 0.6) is 0 Å². The fourth-order valence-corrected chi connectivity index (χ4v) is 6.74. The number of rotatable bonds is 6. The Morgan fingerprint density at radius 2 is 2.00 bits per heavy atom. The van der Waals surface area contributed by atoms with Crippen molar-refractivity contribution in [2.24, 2.45) is 5.73 Å². The molecule has 12 heteroatoms. The number of H-pyrrole nitrogens is 1. The molecule has 4 N–H and O–H groups in total. The number of methoxy groups -OCH3 is 1. The maximum atomic E-state index is 12.6. The Morgan fingerprint density at radius 3 is 2.72 bits per heavy atom. The highest BCUT2D eigenvalue weighted by Crippen LogP contribution is 2.35. The SMILES string of the molecule is COC(=O)c1c(NC(=O)CSc2nc3sc4c(c3c(=O)[nH]2)CCCC4)sc(C(N)=O)c1C. The number of carbonyl (C=O) groups is 3. The minimum absolute atomic E-state index is 0.0526. The second-order valence-electron chi connectivity index (χ2n) is 7.22. The van der Waals surface area contributed by atoms with E-state index in [1.54, 1.807) is 18.3 Å². The predicted molar refractivity (Wildman–Crippen MR) is 125 cm³/mol. The van der Waals surface area contributed by atoms with Gasteiger partial charge in [-0.1, -0.05) is 11.8 Å². The van der Waals surface area contributed by atoms with Crippen LogP contribution in [0, 0.1) is 6.92 Å². The maximum absolute atomic E-state index is 12.6. The number of nitrogens with two attached hydrogens (primary N) is 1. The molecule has 0 spiro atoms. The Bertz CT molecular complexity index is 1310. The van der Waals surface area contributed by atoms with Crippen molar-refractivity contribution in [2.45, 2.75) is 37.8 Å². The van der Waals surface area contributed by atoms with Gasteiger partial charge in [-0.3, -0.25) is 14.4 Å². The van der Waals surface area contributed by atoms with E-state index < -0.39 is 17.8 Å². The number of hydrogen-bond acceptors (Lipinski definition) is 9. The molecule has 0 aliphatic heterocycles. The largest absolute Gasteiger partial charge is 0.465 e. The van der Waals surface area contributed by atoms with E-state index in [9.17, 15) is 19.2 Å². The molecular formula is C20H20N4O5S3. The van der Waals surface area contributed by atoms with Gasteiger partial charge in [-0.25, -0.2) is 9.78 Å². The molecule has 0 saturated heterocycles. The van der Waals surface area contributed by atoms with Gasteiger partial charge in [-0.2, -0.15) is 0 Å². The number of amides is 2. The van der Waals surface area contributed by atoms with Crippen molar-refractivity contribution in [1.29, 1.82) is 0 Å². The molecule has 3 heterocycles. The van der Waals surface area contributed by atoms with Crippen LogP contribution in [-0.2, 0) is 22.4 Å². The quantitative estimate of drug-likeness (QED) is 0.273. The molecule has 0 radical (unpaired) electrons. The normalized spacial score (nSPS) is 13.1. The average Bonchev–Trinajstić information content (AvgIpc) is 3.29. The number of aromatic amines is 1. The van der Waals surface area contributed by atoms with Gasteiger partial charge in [0.1, 0.15) is 9.83 Å². The summed E-state index contributed by atoms with van der Waals surface area (Å²) in [6.45, 7) is 1.57. The van der Waals surface area contributed by atoms with E-state index in [2.05, 4.69) is 15.3 Å². The van der Waals surface area contributed by atoms with Crippen LogP contribution >= 0.6 is 34.4 Å². The van der Waals surface area contributed by atoms with E-state index in [0.717, 1.165) is 54.3 Å². The minimum atomic E-state index is -0.693. The third-order valence-electron chi connectivity index (χ3n) is 5.16. The summed E-state index contributed by atoms with van der Waals surface area (Å²) < 4.78 is 4.76. The number of thioether (sulfide) groups is 1. The summed E-state index contributed by atoms with van der Waals surface area (Å²) in [5.74, 6) is -1.84. The Hall–Kier alpha value is -2.70. The number of fused-ring (bicyclic) bond motifs is 3. The zero-order valence-electron chi connectivity index (χ0n) is 17.3. The summed E-state index contributed by atoms with van der Waals surface area (Å²) in [7, 11) is 1.21. The van der Waals surface area contributed by atoms with Crippen molar-refractivity contribution in [2.75, 3.05) is 18.2 Å². The predicted octanol–water partition coefficient (Wildman–Crippen LogP) is 2.85. The Kier molecular flexibility index (Phi) is 6.35. The van der Waals surface area contributed by atoms with Crippen molar-refractivity contribution in [1.82, 2.24) is 9.97 Å². The first-order valence-corrected chi connectivity index (χ1v) is 12.4. The molecule has 0 unspecified atom stereocenters. The average molecular weight is 493 g/mol. The number of nitrogens with zero attached hydrogens (tertiary/aromatic N) is 1. The molecule has 0 atom stereocenters. The van der Waals surface area contributed by atoms with Crippen LogP contribution in [-0.4, -0.2) is 40.6 Å². The van der Waals surface area contributed by atoms with E-state index in [0.29, 0.717) is 20.9 Å². The number of hydrogen-bond donors (Lipinski definition) is 3. The fourth-order valence-electron chi connectivity index (χ4n) is 3.69. The second-order valence-corrected chi connectivity index (χ2v) is 10.3. The maximum Gasteiger partial charge on any atom is 0.341 e. The summed E-state index contributed by atoms with van der Waals surface area (Å²) in [6.07, 6.45) is 4.05. The Labute approximate surface area is 194 Å². The fraction of sp³-hybridized carbons (Fsp3) is 0.350. The molecular weight excluding hydrogens is 472 g/mol. The lowest BCUT2D eigenvalue weighted by Crippen LogP contribution is -2.17. The highest BCUT2D eigenvalue weighted by atomic mass is 32.2. The van der Waals surface area contributed by atoms with Gasteiger partial charge in [0, 0.05) is 4.88 Å². The van der Waals surface area contributed by atoms with E-state index in [1.165, 1.54) is 12.0 Å². The van der Waals surface area contributed by atoms with Crippen LogP contribution in [0.1, 0.15) is 48.9 Å². The van der Waals surface area contributed by atoms with Gasteiger partial charge in [-0.05, 0) is 43.7 Å². The van der Waals surface area contributed by atoms with E-state index in [4.69, 9.17) is 10.5 Å². The van der Waals surface area contributed by atoms with Crippen LogP contribution < -0.4 is 16.6 Å². The molecule has 0 aromatic carbocycles. The molecule has 0 fully saturated rings. The summed E-state index contributed by atoms with van der Waals surface area (Å²) >= 11 is 3.55. The number of carbonyl (C=O) groups excluding carboxylic acids is 3. The minimum Gasteiger partial charge on any atom is -0.465 e. The number of aryl methyl sites for hydroxylation is 2. The van der Waals surface area contributed by atoms with E-state index in [1.807, 2.05) is 0 Å². The standard InChI is InChI=1S/C20H20N4O5S3/c1-8-12(19(28)29-2)17(32-14(8)15(21)26)22-11(25)7-30-20-23-16(27)13-9-5-3-4-6-10(9)31-18(13)24-20/h3-7H2,1-2H3,(H2,21,26)(H,22,25)(H,23,24,27). The monoisotopic (exact) mass is 492 g/mol. The molecule has 3 aromatic rings. The van der Waals surface area contributed by atoms with Crippen LogP contribution in [0.25, 0.3) is 10.2 Å². The second kappa shape index (κ2) is 9.04. The zero-order chi connectivity index (χ0) is 23.0. The molecule has 3 aromatic heterocycles. The lowest BCUT2D eigenvalue weighted by molar-refractivity contribution is -0.113. The summed E-state index contributed by atoms with van der Waals surface area (Å²) in [5.41, 5.74) is 6.73. The van der Waals surface area contributed by atoms with E-state index >= 15 is 0 Å². The van der Waals surface area contributed by atoms with Gasteiger partial charge in [0.2, 0.25) is 5.91 Å². The molecule has 4 rings (SSSR count). The van der Waals surface area contributed by atoms with Crippen molar-refractivity contribution in [3.05, 3.63) is 36.8 Å². The van der Waals surface area contributed by atoms with Crippen LogP contribution in [0.2, 0.25) is 0 Å². The summed E-state index contributed by atoms with van der Waals surface area (Å²) in [4.78, 5) is 58.3. The number of thiophene rings is 2. The molecule has 1 aliphatic rings. The van der Waals surface area contributed by atoms with Crippen molar-refractivity contribution in [3.63, 3.8) is 0 Å². The highest BCUT2D eigenvalue weighted by Gasteiger charge is 2.25. The van der Waals surface area contributed by atoms with Gasteiger partial charge >= 0.3 is 5.97 Å². The summed E-state index contributed by atoms with van der Waals surface area (Å²) in [6, 6.07) is 0. The summed E-state index contributed by atoms with van der Waals surface area (Å²) in [5, 5.41) is 3.84. The Morgan fingerprint density at radius 1 is 1.25 bits per heavy atom. The first kappa shape index (κ1) is 22.5. The molecule has 2 amide bonds. The van der Waals surface area contributed by atoms with Crippen LogP contribution in [0.15, 0.2) is 9.95 Å². The smallest absolute Gasteiger partial charge is 0.341 e. The van der Waals surface area contributed by atoms with Gasteiger partial charge in [0.25, 0.3) is 11.5 Å². The molecule has 0 saturated carbocycles. The number of aromatic nitrogens is 2. The van der Waals surface area contributed by atoms with Crippen LogP contribution in [0.3, 0.4) is 0 Å². The van der Waals surface area contributed by atoms with Crippen LogP contribution in [0.4, 0.5) is 5.00 Å². The number of primary amides is 1. The Balaban J connectivity index is 1.52. The number of esters is 1. The zero-order valence-corrected chi connectivity index (χ0v) is 19.8. The first-order chi connectivity index (χ1) is 15.3. The first-order valence-electron chi connectivity index (χ1n) is 9.78. The van der Waals surface area contributed by atoms with Gasteiger partial charge in [0.05, 0.1) is 28.7 Å². The lowest BCUT2D eigenvalue weighted by Gasteiger charge is -2.09. The molecule has 168 valence electrons. The van der Waals surface area contributed by atoms with Gasteiger partial charge in [0.15, 0.2) is 5.16 Å². The van der Waals surface area contributed by atoms with Crippen molar-refractivity contribution >= 4 is 67.4 Å². The molecule has 1 aliphatic carbocycles. The number of anilines is 1. The number of ether oxygens (including phenoxy) is 1. The van der Waals surface area contributed by atoms with E-state index in [-0.39, 0.29) is 26.8 Å². The van der Waals surface area contributed by atoms with Gasteiger partial charge in [-0.15, -0.1) is 22.7 Å². The topological polar surface area (TPSA) is 144 Å². The third-order valence-corrected chi connectivity index (χ3v) is 8.44. The van der Waals surface area contributed by atoms with Crippen molar-refractivity contribution in [3.8, 4) is 0 Å². The molecule has 9 nitrogen and oxygen atoms in total. The highest BCUT2D eigenvalue weighted by molar-refractivity contribution is 7.99.